The van der Waals surface area contributed by atoms with Gasteiger partial charge in [0, 0.05) is 20.3 Å². The van der Waals surface area contributed by atoms with Crippen LogP contribution in [0.5, 0.6) is 0 Å². The van der Waals surface area contributed by atoms with Crippen LogP contribution in [-0.4, -0.2) is 30.4 Å². The summed E-state index contributed by atoms with van der Waals surface area (Å²) in [6.45, 7) is 6.96. The summed E-state index contributed by atoms with van der Waals surface area (Å²) in [5, 5.41) is 4.02. The van der Waals surface area contributed by atoms with Crippen LogP contribution in [0.2, 0.25) is 0 Å². The molecule has 6 nitrogen and oxygen atoms in total. The Hall–Kier alpha value is -0.980. The Morgan fingerprint density at radius 3 is 2.44 bits per heavy atom. The van der Waals surface area contributed by atoms with Crippen molar-refractivity contribution in [3.8, 4) is 0 Å². The average molecular weight is 257 g/mol. The molecule has 1 aromatic heterocycles. The van der Waals surface area contributed by atoms with E-state index >= 15 is 0 Å². The van der Waals surface area contributed by atoms with E-state index in [1.165, 1.54) is 0 Å². The molecule has 0 bridgehead atoms. The van der Waals surface area contributed by atoms with Gasteiger partial charge in [-0.05, 0) is 19.8 Å². The molecule has 1 rings (SSSR count). The molecule has 1 heterocycles. The maximum atomic E-state index is 5.82. The minimum atomic E-state index is -0.483. The predicted molar refractivity (Wildman–Crippen MR) is 67.0 cm³/mol. The molecule has 1 aromatic rings. The fourth-order valence-electron chi connectivity index (χ4n) is 1.96. The lowest BCUT2D eigenvalue weighted by Gasteiger charge is -2.27. The molecule has 0 spiro atoms. The van der Waals surface area contributed by atoms with Gasteiger partial charge in [0.25, 0.3) is 5.89 Å². The van der Waals surface area contributed by atoms with Gasteiger partial charge in [0.15, 0.2) is 0 Å². The first-order valence-electron chi connectivity index (χ1n) is 6.38. The summed E-state index contributed by atoms with van der Waals surface area (Å²) in [6.07, 6.45) is 1.21. The third-order valence-corrected chi connectivity index (χ3v) is 3.19. The minimum absolute atomic E-state index is 0.304. The van der Waals surface area contributed by atoms with E-state index < -0.39 is 5.60 Å². The fraction of sp³-hybridized carbons (Fsp3) is 0.833. The fourth-order valence-corrected chi connectivity index (χ4v) is 1.96. The molecule has 18 heavy (non-hydrogen) atoms. The van der Waals surface area contributed by atoms with Gasteiger partial charge in [-0.2, -0.15) is 4.98 Å². The van der Waals surface area contributed by atoms with Gasteiger partial charge in [0.2, 0.25) is 5.82 Å². The van der Waals surface area contributed by atoms with E-state index in [0.29, 0.717) is 24.9 Å². The Labute approximate surface area is 108 Å². The first kappa shape index (κ1) is 15.1. The number of nitrogens with zero attached hydrogens (tertiary/aromatic N) is 2. The lowest BCUT2D eigenvalue weighted by molar-refractivity contribution is -0.0583. The van der Waals surface area contributed by atoms with Crippen LogP contribution in [0.3, 0.4) is 0 Å². The normalized spacial score (nSPS) is 13.8. The molecule has 0 radical (unpaired) electrons. The molecule has 0 amide bonds. The highest BCUT2D eigenvalue weighted by Gasteiger charge is 2.35. The molecule has 1 atom stereocenters. The Balaban J connectivity index is 3.00. The van der Waals surface area contributed by atoms with Crippen molar-refractivity contribution in [3.05, 3.63) is 11.7 Å². The van der Waals surface area contributed by atoms with Gasteiger partial charge in [-0.3, -0.25) is 0 Å². The molecule has 104 valence electrons. The third-order valence-electron chi connectivity index (χ3n) is 3.19. The van der Waals surface area contributed by atoms with E-state index in [2.05, 4.69) is 10.1 Å². The second-order valence-electron chi connectivity index (χ2n) is 4.05. The minimum Gasteiger partial charge on any atom is -0.370 e. The number of hydrogen-bond donors (Lipinski definition) is 1. The monoisotopic (exact) mass is 257 g/mol. The first-order chi connectivity index (χ1) is 8.67. The molecule has 6 heteroatoms. The number of nitrogens with two attached hydrogens (primary N) is 1. The zero-order chi connectivity index (χ0) is 13.6. The van der Waals surface area contributed by atoms with Crippen molar-refractivity contribution < 1.29 is 14.0 Å². The second-order valence-corrected chi connectivity index (χ2v) is 4.05. The quantitative estimate of drug-likeness (QED) is 0.764. The molecule has 0 aliphatic rings. The summed E-state index contributed by atoms with van der Waals surface area (Å²) >= 11 is 0. The lowest BCUT2D eigenvalue weighted by Crippen LogP contribution is -2.30. The number of aromatic nitrogens is 2. The average Bonchev–Trinajstić information content (AvgIpc) is 2.88. The van der Waals surface area contributed by atoms with Crippen LogP contribution in [0.4, 0.5) is 0 Å². The summed E-state index contributed by atoms with van der Waals surface area (Å²) in [6, 6.07) is 0. The van der Waals surface area contributed by atoms with Crippen molar-refractivity contribution >= 4 is 0 Å². The predicted octanol–water partition coefficient (Wildman–Crippen LogP) is 1.77. The van der Waals surface area contributed by atoms with E-state index in [1.807, 2.05) is 20.8 Å². The molecule has 0 aliphatic carbocycles. The maximum absolute atomic E-state index is 5.82. The molecule has 0 aliphatic heterocycles. The largest absolute Gasteiger partial charge is 0.370 e. The van der Waals surface area contributed by atoms with E-state index in [0.717, 1.165) is 12.8 Å². The summed E-state index contributed by atoms with van der Waals surface area (Å²) < 4.78 is 16.2. The smallest absolute Gasteiger partial charge is 0.257 e. The van der Waals surface area contributed by atoms with Gasteiger partial charge in [-0.1, -0.05) is 19.0 Å². The Morgan fingerprint density at radius 2 is 2.00 bits per heavy atom. The molecule has 2 N–H and O–H groups in total. The van der Waals surface area contributed by atoms with Crippen LogP contribution in [0.1, 0.15) is 51.4 Å². The van der Waals surface area contributed by atoms with Crippen LogP contribution < -0.4 is 5.73 Å². The van der Waals surface area contributed by atoms with Crippen molar-refractivity contribution in [3.63, 3.8) is 0 Å². The molecule has 0 saturated heterocycles. The Bertz CT molecular complexity index is 346. The van der Waals surface area contributed by atoms with Crippen molar-refractivity contribution in [1.29, 1.82) is 0 Å². The van der Waals surface area contributed by atoms with E-state index in [1.54, 1.807) is 7.11 Å². The van der Waals surface area contributed by atoms with Gasteiger partial charge in [0.1, 0.15) is 11.7 Å². The molecular weight excluding hydrogens is 234 g/mol. The van der Waals surface area contributed by atoms with Crippen LogP contribution in [0, 0.1) is 0 Å². The highest BCUT2D eigenvalue weighted by Crippen LogP contribution is 2.31. The summed E-state index contributed by atoms with van der Waals surface area (Å²) in [7, 11) is 1.57. The number of ether oxygens (including phenoxy) is 2. The van der Waals surface area contributed by atoms with Gasteiger partial charge in [-0.15, -0.1) is 0 Å². The van der Waals surface area contributed by atoms with Crippen LogP contribution in [0.25, 0.3) is 0 Å². The number of hydrogen-bond acceptors (Lipinski definition) is 6. The van der Waals surface area contributed by atoms with E-state index in [-0.39, 0.29) is 6.10 Å². The summed E-state index contributed by atoms with van der Waals surface area (Å²) in [4.78, 5) is 4.38. The summed E-state index contributed by atoms with van der Waals surface area (Å²) in [5.41, 5.74) is 5.09. The zero-order valence-electron chi connectivity index (χ0n) is 11.6. The maximum Gasteiger partial charge on any atom is 0.257 e. The van der Waals surface area contributed by atoms with Gasteiger partial charge < -0.3 is 19.7 Å². The lowest BCUT2D eigenvalue weighted by atomic mass is 9.96. The van der Waals surface area contributed by atoms with Crippen LogP contribution >= 0.6 is 0 Å². The highest BCUT2D eigenvalue weighted by molar-refractivity contribution is 5.02. The molecular formula is C12H23N3O3. The Morgan fingerprint density at radius 1 is 1.33 bits per heavy atom. The van der Waals surface area contributed by atoms with Crippen LogP contribution in [-0.2, 0) is 15.1 Å². The number of rotatable bonds is 8. The van der Waals surface area contributed by atoms with Gasteiger partial charge in [0.05, 0.1) is 0 Å². The van der Waals surface area contributed by atoms with Gasteiger partial charge in [-0.25, -0.2) is 0 Å². The Kier molecular flexibility index (Phi) is 5.71. The second kappa shape index (κ2) is 6.82. The highest BCUT2D eigenvalue weighted by atomic mass is 16.5. The third kappa shape index (κ3) is 2.88. The molecule has 1 unspecified atom stereocenters. The van der Waals surface area contributed by atoms with Crippen LogP contribution in [0.15, 0.2) is 4.52 Å². The van der Waals surface area contributed by atoms with E-state index in [9.17, 15) is 0 Å². The zero-order valence-corrected chi connectivity index (χ0v) is 11.6. The molecule has 0 fully saturated rings. The SMILES string of the molecule is CCOC(CC)(CC)c1noc(C(CN)OC)n1. The van der Waals surface area contributed by atoms with Crippen molar-refractivity contribution in [2.45, 2.75) is 45.3 Å². The molecule has 0 aromatic carbocycles. The molecule has 0 saturated carbocycles. The first-order valence-corrected chi connectivity index (χ1v) is 6.38. The van der Waals surface area contributed by atoms with E-state index in [4.69, 9.17) is 19.7 Å². The van der Waals surface area contributed by atoms with Crippen molar-refractivity contribution in [2.75, 3.05) is 20.3 Å². The standard InChI is InChI=1S/C12H23N3O3/c1-5-12(6-2,17-7-3)11-14-10(18-15-11)9(8-13)16-4/h9H,5-8,13H2,1-4H3. The van der Waals surface area contributed by atoms with Gasteiger partial charge >= 0.3 is 0 Å². The topological polar surface area (TPSA) is 83.4 Å². The van der Waals surface area contributed by atoms with Crippen molar-refractivity contribution in [1.82, 2.24) is 10.1 Å². The number of methoxy groups -OCH3 is 1. The summed E-state index contributed by atoms with van der Waals surface area (Å²) in [5.74, 6) is 0.973. The van der Waals surface area contributed by atoms with Crippen molar-refractivity contribution in [2.24, 2.45) is 5.73 Å².